The monoisotopic (exact) mass is 374 g/mol. The minimum Gasteiger partial charge on any atom is -0.376 e. The smallest absolute Gasteiger partial charge is 0.250 e. The topological polar surface area (TPSA) is 90.1 Å². The number of carbonyl (C=O) groups excluding carboxylic acids is 1. The van der Waals surface area contributed by atoms with Gasteiger partial charge in [-0.2, -0.15) is 0 Å². The van der Waals surface area contributed by atoms with Crippen LogP contribution in [0.5, 0.6) is 0 Å². The summed E-state index contributed by atoms with van der Waals surface area (Å²) >= 11 is 6.23. The minimum absolute atomic E-state index is 0.0937. The number of amides is 1. The normalized spacial score (nSPS) is 19.1. The first-order valence-electron chi connectivity index (χ1n) is 8.64. The van der Waals surface area contributed by atoms with E-state index in [0.717, 1.165) is 26.0 Å². The van der Waals surface area contributed by atoms with Gasteiger partial charge < -0.3 is 15.8 Å². The van der Waals surface area contributed by atoms with E-state index in [4.69, 9.17) is 22.1 Å². The van der Waals surface area contributed by atoms with Crippen LogP contribution >= 0.6 is 11.6 Å². The minimum atomic E-state index is -0.543. The number of aromatic nitrogens is 2. The lowest BCUT2D eigenvalue weighted by Crippen LogP contribution is -2.36. The van der Waals surface area contributed by atoms with Crippen molar-refractivity contribution in [2.75, 3.05) is 18.5 Å². The van der Waals surface area contributed by atoms with Crippen LogP contribution in [-0.2, 0) is 4.74 Å². The number of rotatable bonds is 5. The zero-order valence-electron chi connectivity index (χ0n) is 15.0. The Kier molecular flexibility index (Phi) is 5.44. The molecule has 1 saturated heterocycles. The molecule has 3 N–H and O–H groups in total. The van der Waals surface area contributed by atoms with Crippen LogP contribution in [0.2, 0.25) is 5.02 Å². The van der Waals surface area contributed by atoms with Crippen molar-refractivity contribution in [2.45, 2.75) is 32.3 Å². The molecule has 138 valence electrons. The number of pyridine rings is 2. The van der Waals surface area contributed by atoms with Crippen LogP contribution in [-0.4, -0.2) is 34.6 Å². The Hall–Kier alpha value is -2.18. The van der Waals surface area contributed by atoms with Crippen LogP contribution in [0.25, 0.3) is 11.3 Å². The molecule has 0 unspecified atom stereocenters. The van der Waals surface area contributed by atoms with Gasteiger partial charge in [-0.15, -0.1) is 0 Å². The molecule has 0 bridgehead atoms. The Morgan fingerprint density at radius 2 is 2.23 bits per heavy atom. The maximum atomic E-state index is 11.8. The molecule has 7 heteroatoms. The first-order valence-corrected chi connectivity index (χ1v) is 9.02. The molecule has 26 heavy (non-hydrogen) atoms. The number of ether oxygens (including phenoxy) is 1. The predicted octanol–water partition coefficient (Wildman–Crippen LogP) is 3.51. The molecule has 0 aromatic carbocycles. The lowest BCUT2D eigenvalue weighted by Gasteiger charge is -2.35. The lowest BCUT2D eigenvalue weighted by molar-refractivity contribution is -0.0699. The van der Waals surface area contributed by atoms with E-state index in [0.29, 0.717) is 33.6 Å². The van der Waals surface area contributed by atoms with Gasteiger partial charge in [0, 0.05) is 31.1 Å². The summed E-state index contributed by atoms with van der Waals surface area (Å²) in [6, 6.07) is 5.17. The SMILES string of the molecule is CC1(C)C[C@@H](CNc2ccc(C(N)=O)c(-c3ccncc3Cl)n2)CCO1. The summed E-state index contributed by atoms with van der Waals surface area (Å²) in [5.41, 5.74) is 6.83. The molecule has 0 spiro atoms. The molecular formula is C19H23ClN4O2. The number of hydrogen-bond donors (Lipinski definition) is 2. The van der Waals surface area contributed by atoms with Crippen molar-refractivity contribution in [3.63, 3.8) is 0 Å². The third kappa shape index (κ3) is 4.31. The van der Waals surface area contributed by atoms with Crippen LogP contribution in [0, 0.1) is 5.92 Å². The molecule has 1 atom stereocenters. The Morgan fingerprint density at radius 3 is 2.92 bits per heavy atom. The van der Waals surface area contributed by atoms with Crippen LogP contribution in [0.4, 0.5) is 5.82 Å². The summed E-state index contributed by atoms with van der Waals surface area (Å²) in [7, 11) is 0. The number of nitrogens with zero attached hydrogens (tertiary/aromatic N) is 2. The quantitative estimate of drug-likeness (QED) is 0.835. The van der Waals surface area contributed by atoms with Crippen molar-refractivity contribution < 1.29 is 9.53 Å². The maximum absolute atomic E-state index is 11.8. The molecule has 6 nitrogen and oxygen atoms in total. The number of anilines is 1. The fourth-order valence-corrected chi connectivity index (χ4v) is 3.52. The Balaban J connectivity index is 1.82. The van der Waals surface area contributed by atoms with Crippen molar-refractivity contribution >= 4 is 23.3 Å². The standard InChI is InChI=1S/C19H23ClN4O2/c1-19(2)9-12(6-8-26-19)10-23-16-4-3-14(18(21)25)17(24-16)13-5-7-22-11-15(13)20/h3-5,7,11-12H,6,8-10H2,1-2H3,(H2,21,25)(H,23,24)/t12-/m0/s1. The van der Waals surface area contributed by atoms with Gasteiger partial charge in [-0.1, -0.05) is 11.6 Å². The third-order valence-corrected chi connectivity index (χ3v) is 4.86. The van der Waals surface area contributed by atoms with Crippen molar-refractivity contribution in [3.05, 3.63) is 41.2 Å². The van der Waals surface area contributed by atoms with Gasteiger partial charge >= 0.3 is 0 Å². The number of nitrogens with two attached hydrogens (primary N) is 1. The van der Waals surface area contributed by atoms with Gasteiger partial charge in [0.05, 0.1) is 21.9 Å². The molecule has 0 saturated carbocycles. The van der Waals surface area contributed by atoms with E-state index in [9.17, 15) is 4.79 Å². The van der Waals surface area contributed by atoms with Gasteiger partial charge in [0.1, 0.15) is 5.82 Å². The second-order valence-electron chi connectivity index (χ2n) is 7.16. The molecule has 1 aliphatic rings. The largest absolute Gasteiger partial charge is 0.376 e. The molecule has 0 radical (unpaired) electrons. The predicted molar refractivity (Wildman–Crippen MR) is 102 cm³/mol. The number of hydrogen-bond acceptors (Lipinski definition) is 5. The van der Waals surface area contributed by atoms with Gasteiger partial charge in [0.2, 0.25) is 0 Å². The van der Waals surface area contributed by atoms with Crippen LogP contribution in [0.15, 0.2) is 30.6 Å². The van der Waals surface area contributed by atoms with E-state index >= 15 is 0 Å². The molecule has 1 fully saturated rings. The molecule has 0 aliphatic carbocycles. The second kappa shape index (κ2) is 7.60. The average molecular weight is 375 g/mol. The molecule has 2 aromatic heterocycles. The fraction of sp³-hybridized carbons (Fsp3) is 0.421. The highest BCUT2D eigenvalue weighted by molar-refractivity contribution is 6.33. The summed E-state index contributed by atoms with van der Waals surface area (Å²) in [5.74, 6) is 0.643. The highest BCUT2D eigenvalue weighted by Crippen LogP contribution is 2.31. The highest BCUT2D eigenvalue weighted by atomic mass is 35.5. The van der Waals surface area contributed by atoms with Gasteiger partial charge in [-0.3, -0.25) is 9.78 Å². The van der Waals surface area contributed by atoms with E-state index in [1.165, 1.54) is 6.20 Å². The van der Waals surface area contributed by atoms with E-state index in [1.54, 1.807) is 24.4 Å². The number of carbonyl (C=O) groups is 1. The van der Waals surface area contributed by atoms with E-state index < -0.39 is 5.91 Å². The Bertz CT molecular complexity index is 810. The summed E-state index contributed by atoms with van der Waals surface area (Å²) < 4.78 is 5.76. The van der Waals surface area contributed by atoms with Crippen LogP contribution < -0.4 is 11.1 Å². The van der Waals surface area contributed by atoms with Gasteiger partial charge in [0.15, 0.2) is 0 Å². The highest BCUT2D eigenvalue weighted by Gasteiger charge is 2.28. The molecule has 1 aliphatic heterocycles. The van der Waals surface area contributed by atoms with Gasteiger partial charge in [0.25, 0.3) is 5.91 Å². The van der Waals surface area contributed by atoms with Gasteiger partial charge in [-0.05, 0) is 50.8 Å². The molecular weight excluding hydrogens is 352 g/mol. The summed E-state index contributed by atoms with van der Waals surface area (Å²) in [4.78, 5) is 20.3. The van der Waals surface area contributed by atoms with Crippen molar-refractivity contribution in [3.8, 4) is 11.3 Å². The third-order valence-electron chi connectivity index (χ3n) is 4.56. The first-order chi connectivity index (χ1) is 12.4. The van der Waals surface area contributed by atoms with Crippen LogP contribution in [0.3, 0.4) is 0 Å². The zero-order valence-corrected chi connectivity index (χ0v) is 15.7. The first kappa shape index (κ1) is 18.6. The van der Waals surface area contributed by atoms with Gasteiger partial charge in [-0.25, -0.2) is 4.98 Å². The number of primary amides is 1. The summed E-state index contributed by atoms with van der Waals surface area (Å²) in [5, 5.41) is 3.79. The van der Waals surface area contributed by atoms with Crippen LogP contribution in [0.1, 0.15) is 37.0 Å². The van der Waals surface area contributed by atoms with E-state index in [-0.39, 0.29) is 5.60 Å². The van der Waals surface area contributed by atoms with E-state index in [1.807, 2.05) is 0 Å². The zero-order chi connectivity index (χ0) is 18.7. The van der Waals surface area contributed by atoms with E-state index in [2.05, 4.69) is 29.1 Å². The summed E-state index contributed by atoms with van der Waals surface area (Å²) in [6.45, 7) is 5.79. The lowest BCUT2D eigenvalue weighted by atomic mass is 9.88. The second-order valence-corrected chi connectivity index (χ2v) is 7.57. The molecule has 3 heterocycles. The molecule has 2 aromatic rings. The number of nitrogens with one attached hydrogen (secondary N) is 1. The van der Waals surface area contributed by atoms with Crippen molar-refractivity contribution in [1.82, 2.24) is 9.97 Å². The number of halogens is 1. The van der Waals surface area contributed by atoms with Crippen molar-refractivity contribution in [1.29, 1.82) is 0 Å². The average Bonchev–Trinajstić information content (AvgIpc) is 2.59. The Morgan fingerprint density at radius 1 is 1.42 bits per heavy atom. The van der Waals surface area contributed by atoms with Crippen molar-refractivity contribution in [2.24, 2.45) is 11.7 Å². The Labute approximate surface area is 158 Å². The summed E-state index contributed by atoms with van der Waals surface area (Å²) in [6.07, 6.45) is 5.13. The fourth-order valence-electron chi connectivity index (χ4n) is 3.31. The molecule has 3 rings (SSSR count). The maximum Gasteiger partial charge on any atom is 0.250 e. The molecule has 1 amide bonds.